The van der Waals surface area contributed by atoms with Crippen LogP contribution in [-0.4, -0.2) is 12.2 Å². The Hall–Kier alpha value is -0.0400. The van der Waals surface area contributed by atoms with Crippen molar-refractivity contribution in [2.45, 2.75) is 89.8 Å². The first-order valence-electron chi connectivity index (χ1n) is 7.55. The van der Waals surface area contributed by atoms with Gasteiger partial charge in [-0.1, -0.05) is 58.3 Å². The number of hydrogen-bond donors (Lipinski definition) is 0. The van der Waals surface area contributed by atoms with Gasteiger partial charge in [-0.3, -0.25) is 0 Å². The van der Waals surface area contributed by atoms with E-state index in [9.17, 15) is 0 Å². The van der Waals surface area contributed by atoms with Gasteiger partial charge in [-0.15, -0.1) is 0 Å². The van der Waals surface area contributed by atoms with Crippen LogP contribution >= 0.6 is 0 Å². The van der Waals surface area contributed by atoms with Crippen LogP contribution in [0.4, 0.5) is 0 Å². The minimum absolute atomic E-state index is 0.684. The molecule has 0 amide bonds. The number of rotatable bonds is 8. The van der Waals surface area contributed by atoms with Crippen molar-refractivity contribution >= 4 is 0 Å². The van der Waals surface area contributed by atoms with Gasteiger partial charge in [0.15, 0.2) is 0 Å². The van der Waals surface area contributed by atoms with Gasteiger partial charge in [0.2, 0.25) is 0 Å². The molecular weight excluding hydrogens is 196 g/mol. The highest BCUT2D eigenvalue weighted by atomic mass is 16.6. The fourth-order valence-corrected chi connectivity index (χ4v) is 3.14. The second kappa shape index (κ2) is 6.64. The van der Waals surface area contributed by atoms with Crippen LogP contribution in [0.5, 0.6) is 0 Å². The molecule has 1 heteroatoms. The minimum atomic E-state index is 0.684. The predicted octanol–water partition coefficient (Wildman–Crippen LogP) is 4.69. The molecule has 2 rings (SSSR count). The minimum Gasteiger partial charge on any atom is -0.370 e. The Kier molecular flexibility index (Phi) is 5.15. The van der Waals surface area contributed by atoms with Crippen LogP contribution in [0.3, 0.4) is 0 Å². The van der Waals surface area contributed by atoms with Crippen LogP contribution in [-0.2, 0) is 4.74 Å². The van der Waals surface area contributed by atoms with Crippen LogP contribution in [0, 0.1) is 5.92 Å². The summed E-state index contributed by atoms with van der Waals surface area (Å²) in [5, 5.41) is 0. The second-order valence-electron chi connectivity index (χ2n) is 5.80. The number of unbranched alkanes of at least 4 members (excludes halogenated alkanes) is 6. The molecular formula is C15H28O. The molecule has 94 valence electrons. The summed E-state index contributed by atoms with van der Waals surface area (Å²) in [7, 11) is 0. The van der Waals surface area contributed by atoms with Gasteiger partial charge >= 0.3 is 0 Å². The third kappa shape index (κ3) is 4.08. The maximum atomic E-state index is 5.58. The summed E-state index contributed by atoms with van der Waals surface area (Å²) in [5.74, 6) is 0.999. The molecule has 1 aliphatic carbocycles. The van der Waals surface area contributed by atoms with E-state index < -0.39 is 0 Å². The zero-order valence-corrected chi connectivity index (χ0v) is 10.9. The van der Waals surface area contributed by atoms with Crippen LogP contribution < -0.4 is 0 Å². The molecule has 3 unspecified atom stereocenters. The van der Waals surface area contributed by atoms with Crippen LogP contribution in [0.1, 0.15) is 77.6 Å². The van der Waals surface area contributed by atoms with Gasteiger partial charge in [-0.2, -0.15) is 0 Å². The molecule has 3 atom stereocenters. The smallest absolute Gasteiger partial charge is 0.0844 e. The van der Waals surface area contributed by atoms with Crippen molar-refractivity contribution in [3.8, 4) is 0 Å². The summed E-state index contributed by atoms with van der Waals surface area (Å²) in [5.41, 5.74) is 0. The number of fused-ring (bicyclic) bond motifs is 1. The first kappa shape index (κ1) is 12.4. The van der Waals surface area contributed by atoms with E-state index in [0.29, 0.717) is 12.2 Å². The van der Waals surface area contributed by atoms with Gasteiger partial charge in [0, 0.05) is 0 Å². The van der Waals surface area contributed by atoms with Gasteiger partial charge in [0.25, 0.3) is 0 Å². The van der Waals surface area contributed by atoms with Gasteiger partial charge in [-0.05, 0) is 25.2 Å². The van der Waals surface area contributed by atoms with Crippen molar-refractivity contribution < 1.29 is 4.74 Å². The SMILES string of the molecule is CCCCCCCCCC1CCC2OC2C1. The summed E-state index contributed by atoms with van der Waals surface area (Å²) in [4.78, 5) is 0. The van der Waals surface area contributed by atoms with E-state index >= 15 is 0 Å². The lowest BCUT2D eigenvalue weighted by molar-refractivity contribution is 0.343. The van der Waals surface area contributed by atoms with E-state index in [1.54, 1.807) is 0 Å². The Balaban J connectivity index is 1.39. The Morgan fingerprint density at radius 2 is 1.62 bits per heavy atom. The maximum Gasteiger partial charge on any atom is 0.0844 e. The average Bonchev–Trinajstić information content (AvgIpc) is 3.06. The molecule has 2 fully saturated rings. The van der Waals surface area contributed by atoms with Crippen molar-refractivity contribution in [2.75, 3.05) is 0 Å². The normalized spacial score (nSPS) is 32.4. The number of epoxide rings is 1. The average molecular weight is 224 g/mol. The molecule has 0 aromatic carbocycles. The maximum absolute atomic E-state index is 5.58. The van der Waals surface area contributed by atoms with Gasteiger partial charge in [0.1, 0.15) is 0 Å². The zero-order valence-electron chi connectivity index (χ0n) is 10.9. The molecule has 1 saturated heterocycles. The second-order valence-corrected chi connectivity index (χ2v) is 5.80. The Morgan fingerprint density at radius 3 is 2.38 bits per heavy atom. The van der Waals surface area contributed by atoms with Crippen molar-refractivity contribution in [3.05, 3.63) is 0 Å². The van der Waals surface area contributed by atoms with E-state index in [1.165, 1.54) is 70.6 Å². The first-order chi connectivity index (χ1) is 7.90. The summed E-state index contributed by atoms with van der Waals surface area (Å²) < 4.78 is 5.58. The van der Waals surface area contributed by atoms with Gasteiger partial charge in [-0.25, -0.2) is 0 Å². The van der Waals surface area contributed by atoms with Crippen molar-refractivity contribution in [1.29, 1.82) is 0 Å². The zero-order chi connectivity index (χ0) is 11.2. The molecule has 0 spiro atoms. The van der Waals surface area contributed by atoms with E-state index in [-0.39, 0.29) is 0 Å². The third-order valence-electron chi connectivity index (χ3n) is 4.33. The van der Waals surface area contributed by atoms with E-state index in [4.69, 9.17) is 4.74 Å². The summed E-state index contributed by atoms with van der Waals surface area (Å²) in [6.07, 6.45) is 17.1. The summed E-state index contributed by atoms with van der Waals surface area (Å²) in [6.45, 7) is 2.29. The summed E-state index contributed by atoms with van der Waals surface area (Å²) >= 11 is 0. The molecule has 16 heavy (non-hydrogen) atoms. The molecule has 0 aromatic heterocycles. The Labute approximate surface area is 101 Å². The highest BCUT2D eigenvalue weighted by molar-refractivity contribution is 4.91. The van der Waals surface area contributed by atoms with E-state index in [0.717, 1.165) is 5.92 Å². The predicted molar refractivity (Wildman–Crippen MR) is 68.6 cm³/mol. The van der Waals surface area contributed by atoms with Crippen LogP contribution in [0.15, 0.2) is 0 Å². The Morgan fingerprint density at radius 1 is 0.875 bits per heavy atom. The molecule has 1 saturated carbocycles. The third-order valence-corrected chi connectivity index (χ3v) is 4.33. The molecule has 1 nitrogen and oxygen atoms in total. The lowest BCUT2D eigenvalue weighted by Gasteiger charge is -2.18. The van der Waals surface area contributed by atoms with Gasteiger partial charge in [0.05, 0.1) is 12.2 Å². The standard InChI is InChI=1S/C15H28O/c1-2-3-4-5-6-7-8-9-13-10-11-14-15(12-13)16-14/h13-15H,2-12H2,1H3. The number of hydrogen-bond acceptors (Lipinski definition) is 1. The molecule has 0 radical (unpaired) electrons. The highest BCUT2D eigenvalue weighted by Crippen LogP contribution is 2.41. The molecule has 1 heterocycles. The molecule has 0 bridgehead atoms. The van der Waals surface area contributed by atoms with E-state index in [1.807, 2.05) is 0 Å². The van der Waals surface area contributed by atoms with Crippen LogP contribution in [0.2, 0.25) is 0 Å². The van der Waals surface area contributed by atoms with Gasteiger partial charge < -0.3 is 4.74 Å². The molecule has 0 N–H and O–H groups in total. The fraction of sp³-hybridized carbons (Fsp3) is 1.00. The highest BCUT2D eigenvalue weighted by Gasteiger charge is 2.43. The summed E-state index contributed by atoms with van der Waals surface area (Å²) in [6, 6.07) is 0. The largest absolute Gasteiger partial charge is 0.370 e. The lowest BCUT2D eigenvalue weighted by Crippen LogP contribution is -2.13. The first-order valence-corrected chi connectivity index (χ1v) is 7.55. The topological polar surface area (TPSA) is 12.5 Å². The monoisotopic (exact) mass is 224 g/mol. The van der Waals surface area contributed by atoms with E-state index in [2.05, 4.69) is 6.92 Å². The fourth-order valence-electron chi connectivity index (χ4n) is 3.14. The molecule has 1 aliphatic heterocycles. The lowest BCUT2D eigenvalue weighted by atomic mass is 9.85. The number of ether oxygens (including phenoxy) is 1. The quantitative estimate of drug-likeness (QED) is 0.430. The molecule has 2 aliphatic rings. The molecule has 0 aromatic rings. The van der Waals surface area contributed by atoms with Crippen molar-refractivity contribution in [2.24, 2.45) is 5.92 Å². The Bertz CT molecular complexity index is 190. The van der Waals surface area contributed by atoms with Crippen molar-refractivity contribution in [1.82, 2.24) is 0 Å². The van der Waals surface area contributed by atoms with Crippen LogP contribution in [0.25, 0.3) is 0 Å². The van der Waals surface area contributed by atoms with Crippen molar-refractivity contribution in [3.63, 3.8) is 0 Å².